The fraction of sp³-hybridized carbons (Fsp3) is 0.606. The number of carboxylic acid groups (broad SMARTS) is 9. The van der Waals surface area contributed by atoms with Crippen molar-refractivity contribution < 1.29 is 103 Å². The molecule has 0 spiro atoms. The van der Waals surface area contributed by atoms with Crippen molar-refractivity contribution in [3.8, 4) is 0 Å². The maximum Gasteiger partial charge on any atom is 0.327 e. The number of H-pyrrole nitrogens is 1. The Morgan fingerprint density at radius 2 is 0.818 bits per heavy atom. The summed E-state index contributed by atoms with van der Waals surface area (Å²) in [6.45, 7) is 5.68. The molecule has 31 nitrogen and oxygen atoms in total. The second kappa shape index (κ2) is 31.6. The van der Waals surface area contributed by atoms with Gasteiger partial charge in [0.25, 0.3) is 0 Å². The first-order chi connectivity index (χ1) is 30.5. The number of aliphatic carboxylic acids is 9. The quantitative estimate of drug-likeness (QED) is 0.0415. The van der Waals surface area contributed by atoms with Gasteiger partial charge in [-0.3, -0.25) is 14.4 Å². The molecular weight excluding hydrogens is 937 g/mol. The van der Waals surface area contributed by atoms with Crippen LogP contribution in [0, 0.1) is 0 Å². The third kappa shape index (κ3) is 30.8. The normalized spacial score (nSPS) is 13.2. The monoisotopic (exact) mass is 988 g/mol. The van der Waals surface area contributed by atoms with Crippen LogP contribution in [0.1, 0.15) is 71.5 Å². The molecular formula is C33H52N10O21S2. The first-order valence-corrected chi connectivity index (χ1v) is 20.3. The molecule has 16 N–H and O–H groups in total. The van der Waals surface area contributed by atoms with Crippen LogP contribution in [-0.4, -0.2) is 191 Å². The van der Waals surface area contributed by atoms with Crippen molar-refractivity contribution in [2.24, 2.45) is 0 Å². The van der Waals surface area contributed by atoms with Gasteiger partial charge in [-0.25, -0.2) is 43.2 Å². The lowest BCUT2D eigenvalue weighted by molar-refractivity contribution is -0.142. The van der Waals surface area contributed by atoms with Gasteiger partial charge in [0.05, 0.1) is 0 Å². The molecule has 0 aliphatic rings. The number of tetrazole rings is 1. The van der Waals surface area contributed by atoms with Crippen LogP contribution in [0.25, 0.3) is 0 Å². The summed E-state index contributed by atoms with van der Waals surface area (Å²) in [4.78, 5) is 132. The summed E-state index contributed by atoms with van der Waals surface area (Å²) >= 11 is 5.05. The number of carboxylic acids is 9. The van der Waals surface area contributed by atoms with Gasteiger partial charge in [0, 0.05) is 41.9 Å². The Morgan fingerprint density at radius 3 is 1.08 bits per heavy atom. The van der Waals surface area contributed by atoms with Gasteiger partial charge >= 0.3 is 71.8 Å². The van der Waals surface area contributed by atoms with Crippen molar-refractivity contribution in [1.29, 1.82) is 0 Å². The van der Waals surface area contributed by atoms with E-state index >= 15 is 0 Å². The van der Waals surface area contributed by atoms with Crippen LogP contribution < -0.4 is 31.9 Å². The van der Waals surface area contributed by atoms with Crippen LogP contribution in [0.15, 0.2) is 0 Å². The molecule has 66 heavy (non-hydrogen) atoms. The summed E-state index contributed by atoms with van der Waals surface area (Å²) in [6.07, 6.45) is -2.20. The zero-order chi connectivity index (χ0) is 51.3. The Labute approximate surface area is 382 Å². The first-order valence-electron chi connectivity index (χ1n) is 18.7. The van der Waals surface area contributed by atoms with Crippen molar-refractivity contribution >= 4 is 96.2 Å². The fourth-order valence-corrected chi connectivity index (χ4v) is 5.30. The number of carbonyl (C=O) groups is 12. The van der Waals surface area contributed by atoms with Crippen molar-refractivity contribution in [2.75, 3.05) is 11.5 Å². The largest absolute Gasteiger partial charge is 0.481 e. The molecule has 0 aliphatic heterocycles. The smallest absolute Gasteiger partial charge is 0.327 e. The van der Waals surface area contributed by atoms with E-state index in [1.165, 1.54) is 11.8 Å². The van der Waals surface area contributed by atoms with Crippen LogP contribution in [0.5, 0.6) is 0 Å². The predicted octanol–water partition coefficient (Wildman–Crippen LogP) is -2.22. The summed E-state index contributed by atoms with van der Waals surface area (Å²) in [5.74, 6) is -11.5. The van der Waals surface area contributed by atoms with Crippen LogP contribution in [0.3, 0.4) is 0 Å². The maximum atomic E-state index is 11.7. The number of carbonyl (C=O) groups excluding carboxylic acids is 3. The topological polar surface area (TPSA) is 514 Å². The number of aromatic nitrogens is 4. The minimum Gasteiger partial charge on any atom is -0.481 e. The van der Waals surface area contributed by atoms with Crippen molar-refractivity contribution in [3.05, 3.63) is 5.82 Å². The van der Waals surface area contributed by atoms with E-state index in [9.17, 15) is 57.5 Å². The minimum absolute atomic E-state index is 0.0465. The molecule has 1 rings (SSSR count). The van der Waals surface area contributed by atoms with Gasteiger partial charge in [0.1, 0.15) is 36.3 Å². The highest BCUT2D eigenvalue weighted by atomic mass is 32.2. The van der Waals surface area contributed by atoms with E-state index in [1.54, 1.807) is 0 Å². The molecule has 372 valence electrons. The van der Waals surface area contributed by atoms with Crippen LogP contribution in [0.2, 0.25) is 0 Å². The highest BCUT2D eigenvalue weighted by molar-refractivity contribution is 8.00. The van der Waals surface area contributed by atoms with E-state index in [0.717, 1.165) is 0 Å². The van der Waals surface area contributed by atoms with Gasteiger partial charge in [-0.2, -0.15) is 29.6 Å². The molecule has 0 aromatic carbocycles. The van der Waals surface area contributed by atoms with Crippen LogP contribution in [-0.2, 0) is 49.6 Å². The first kappa shape index (κ1) is 60.9. The minimum atomic E-state index is -1.45. The molecule has 1 aromatic heterocycles. The third-order valence-corrected chi connectivity index (χ3v) is 9.20. The van der Waals surface area contributed by atoms with Crippen molar-refractivity contribution in [1.82, 2.24) is 52.5 Å². The number of urea groups is 3. The Balaban J connectivity index is 0. The zero-order valence-electron chi connectivity index (χ0n) is 35.2. The summed E-state index contributed by atoms with van der Waals surface area (Å²) in [5.41, 5.74) is 0. The van der Waals surface area contributed by atoms with Gasteiger partial charge < -0.3 is 77.9 Å². The predicted molar refractivity (Wildman–Crippen MR) is 223 cm³/mol. The Bertz CT molecular complexity index is 1830. The molecule has 0 unspecified atom stereocenters. The SMILES string of the molecule is CC(C)(C)SC[C@H](NC(=O)N[C@@H](CCC(=O)O)C(=O)O)C(=O)O.O=C(O)CC[C@H](NC(=O)N[C@@H](CCc1nn[nH]n1)C(=O)O)C(=O)O.O=C(O)CC[C@H](NC(=O)N[C@@H](CS)C(=O)O)C(=O)O. The fourth-order valence-electron chi connectivity index (χ4n) is 4.16. The van der Waals surface area contributed by atoms with Crippen molar-refractivity contribution in [2.45, 2.75) is 113 Å². The molecule has 0 radical (unpaired) electrons. The summed E-state index contributed by atoms with van der Waals surface area (Å²) < 4.78 is -0.197. The maximum absolute atomic E-state index is 11.7. The number of hydrogen-bond donors (Lipinski definition) is 17. The summed E-state index contributed by atoms with van der Waals surface area (Å²) in [5, 5.41) is 104. The number of aromatic amines is 1. The summed E-state index contributed by atoms with van der Waals surface area (Å²) in [6, 6.07) is -11.0. The average Bonchev–Trinajstić information content (AvgIpc) is 3.72. The average molecular weight is 989 g/mol. The molecule has 1 aromatic rings. The molecule has 1 heterocycles. The lowest BCUT2D eigenvalue weighted by Gasteiger charge is -2.22. The van der Waals surface area contributed by atoms with Gasteiger partial charge in [-0.15, -0.1) is 10.2 Å². The molecule has 0 saturated carbocycles. The van der Waals surface area contributed by atoms with E-state index < -0.39 is 127 Å². The van der Waals surface area contributed by atoms with Crippen LogP contribution >= 0.6 is 24.4 Å². The van der Waals surface area contributed by atoms with Gasteiger partial charge in [0.15, 0.2) is 5.82 Å². The van der Waals surface area contributed by atoms with E-state index in [4.69, 9.17) is 46.0 Å². The molecule has 6 atom stereocenters. The number of thioether (sulfide) groups is 1. The highest BCUT2D eigenvalue weighted by Gasteiger charge is 2.28. The van der Waals surface area contributed by atoms with Gasteiger partial charge in [0.2, 0.25) is 0 Å². The summed E-state index contributed by atoms with van der Waals surface area (Å²) in [7, 11) is 0. The Hall–Kier alpha value is -7.19. The number of thiol groups is 1. The molecule has 33 heteroatoms. The molecule has 0 aliphatic carbocycles. The van der Waals surface area contributed by atoms with Crippen molar-refractivity contribution in [3.63, 3.8) is 0 Å². The molecule has 0 saturated heterocycles. The molecule has 0 fully saturated rings. The van der Waals surface area contributed by atoms with E-state index in [2.05, 4.69) is 49.2 Å². The zero-order valence-corrected chi connectivity index (χ0v) is 36.9. The second-order valence-corrected chi connectivity index (χ2v) is 16.2. The number of amides is 6. The number of aryl methyl sites for hydroxylation is 1. The van der Waals surface area contributed by atoms with Gasteiger partial charge in [-0.1, -0.05) is 26.0 Å². The number of nitrogens with one attached hydrogen (secondary N) is 7. The Kier molecular flexibility index (Phi) is 29.2. The van der Waals surface area contributed by atoms with E-state index in [1.807, 2.05) is 36.7 Å². The van der Waals surface area contributed by atoms with E-state index in [-0.39, 0.29) is 54.2 Å². The second-order valence-electron chi connectivity index (χ2n) is 14.0. The Morgan fingerprint density at radius 1 is 0.515 bits per heavy atom. The van der Waals surface area contributed by atoms with Crippen LogP contribution in [0.4, 0.5) is 14.4 Å². The van der Waals surface area contributed by atoms with E-state index in [0.29, 0.717) is 0 Å². The lowest BCUT2D eigenvalue weighted by Crippen LogP contribution is -2.52. The van der Waals surface area contributed by atoms with Gasteiger partial charge in [-0.05, 0) is 25.7 Å². The molecule has 6 amide bonds. The lowest BCUT2D eigenvalue weighted by atomic mass is 10.1. The number of rotatable bonds is 27. The number of hydrogen-bond acceptors (Lipinski definition) is 17. The highest BCUT2D eigenvalue weighted by Crippen LogP contribution is 2.23. The molecule has 0 bridgehead atoms. The third-order valence-electron chi connectivity index (χ3n) is 7.47. The standard InChI is InChI=1S/C13H22N2O7S.C11H16N6O7.C9H14N2O7S/c1-13(2,3)23-6-8(11(20)21)15-12(22)14-7(10(18)19)4-5-9(16)17;18-8(19)4-2-6(10(22)23)13-11(24)12-5(9(20)21)1-3-7-14-16-17-15-7;12-6(13)2-1-4(7(14)15)10-9(18)11-5(3-19)8(16)17/h7-8H,4-6H2,1-3H3,(H,16,17)(H,18,19)(H,20,21)(H2,14,15,22);5-6H,1-4H2,(H,18,19)(H,20,21)(H,22,23)(H2,12,13,24)(H,14,15,16,17);4-5,19H,1-3H2,(H,12,13)(H,14,15)(H,16,17)(H2,10,11,18)/t7-,8-;5-,6-;4-,5-/m000/s1. The number of nitrogens with zero attached hydrogens (tertiary/aromatic N) is 3.